The average Bonchev–Trinajstić information content (AvgIpc) is 2.65. The van der Waals surface area contributed by atoms with Crippen LogP contribution in [0.15, 0.2) is 18.2 Å². The Hall–Kier alpha value is -2.31. The van der Waals surface area contributed by atoms with E-state index in [-0.39, 0.29) is 23.4 Å². The van der Waals surface area contributed by atoms with E-state index in [1.807, 2.05) is 0 Å². The third-order valence-corrected chi connectivity index (χ3v) is 6.52. The first-order chi connectivity index (χ1) is 13.3. The first-order valence-electron chi connectivity index (χ1n) is 9.77. The summed E-state index contributed by atoms with van der Waals surface area (Å²) in [5, 5.41) is 2.69. The van der Waals surface area contributed by atoms with Crippen LogP contribution in [0.25, 0.3) is 0 Å². The van der Waals surface area contributed by atoms with E-state index in [0.717, 1.165) is 37.5 Å². The normalized spacial score (nSPS) is 30.1. The molecule has 4 fully saturated rings. The highest BCUT2D eigenvalue weighted by molar-refractivity contribution is 5.98. The second kappa shape index (κ2) is 7.26. The quantitative estimate of drug-likeness (QED) is 0.598. The minimum atomic E-state index is -1.14. The van der Waals surface area contributed by atoms with Gasteiger partial charge < -0.3 is 10.1 Å². The number of hydrogen-bond acceptors (Lipinski definition) is 4. The van der Waals surface area contributed by atoms with Gasteiger partial charge in [-0.15, -0.1) is 0 Å². The number of carbonyl (C=O) groups excluding carboxylic acids is 3. The summed E-state index contributed by atoms with van der Waals surface area (Å²) in [4.78, 5) is 36.6. The molecule has 0 saturated heterocycles. The lowest BCUT2D eigenvalue weighted by atomic mass is 9.49. The van der Waals surface area contributed by atoms with Crippen LogP contribution < -0.4 is 5.32 Å². The van der Waals surface area contributed by atoms with Crippen LogP contribution in [0.1, 0.15) is 48.9 Å². The van der Waals surface area contributed by atoms with Gasteiger partial charge in [-0.1, -0.05) is 0 Å². The van der Waals surface area contributed by atoms with Crippen molar-refractivity contribution in [2.75, 3.05) is 13.2 Å². The van der Waals surface area contributed by atoms with Crippen LogP contribution in [0.3, 0.4) is 0 Å². The fourth-order valence-electron chi connectivity index (χ4n) is 5.68. The van der Waals surface area contributed by atoms with Crippen molar-refractivity contribution in [2.45, 2.75) is 38.5 Å². The molecule has 4 aliphatic carbocycles. The van der Waals surface area contributed by atoms with Crippen LogP contribution in [-0.4, -0.2) is 30.8 Å². The molecule has 1 N–H and O–H groups in total. The molecule has 0 atom stereocenters. The number of nitrogens with one attached hydrogen (secondary N) is 1. The van der Waals surface area contributed by atoms with Crippen molar-refractivity contribution in [3.63, 3.8) is 0 Å². The maximum atomic E-state index is 13.2. The molecular formula is C21H23F2NO4. The number of hydrogen-bond donors (Lipinski definition) is 1. The van der Waals surface area contributed by atoms with Gasteiger partial charge in [0.05, 0.1) is 0 Å². The molecule has 1 aromatic rings. The van der Waals surface area contributed by atoms with Crippen LogP contribution in [0, 0.1) is 34.8 Å². The number of amides is 1. The van der Waals surface area contributed by atoms with Crippen molar-refractivity contribution in [1.29, 1.82) is 0 Å². The fourth-order valence-corrected chi connectivity index (χ4v) is 5.68. The summed E-state index contributed by atoms with van der Waals surface area (Å²) in [6.45, 7) is -0.886. The van der Waals surface area contributed by atoms with E-state index in [1.165, 1.54) is 19.3 Å². The largest absolute Gasteiger partial charge is 0.456 e. The Balaban J connectivity index is 1.26. The molecule has 0 aliphatic heterocycles. The molecule has 1 aromatic carbocycles. The number of ether oxygens (including phenoxy) is 1. The lowest BCUT2D eigenvalue weighted by Gasteiger charge is -2.55. The summed E-state index contributed by atoms with van der Waals surface area (Å²) in [6, 6.07) is 2.74. The van der Waals surface area contributed by atoms with E-state index in [1.54, 1.807) is 0 Å². The van der Waals surface area contributed by atoms with Crippen molar-refractivity contribution in [3.8, 4) is 0 Å². The molecule has 28 heavy (non-hydrogen) atoms. The van der Waals surface area contributed by atoms with Gasteiger partial charge in [-0.3, -0.25) is 14.4 Å². The molecule has 0 heterocycles. The van der Waals surface area contributed by atoms with Gasteiger partial charge in [-0.05, 0) is 74.5 Å². The predicted molar refractivity (Wildman–Crippen MR) is 95.3 cm³/mol. The molecule has 150 valence electrons. The topological polar surface area (TPSA) is 72.5 Å². The first-order valence-corrected chi connectivity index (χ1v) is 9.77. The molecule has 4 aliphatic rings. The lowest BCUT2D eigenvalue weighted by Crippen LogP contribution is -2.54. The molecule has 4 bridgehead atoms. The minimum Gasteiger partial charge on any atom is -0.456 e. The smallest absolute Gasteiger partial charge is 0.325 e. The summed E-state index contributed by atoms with van der Waals surface area (Å²) < 4.78 is 31.0. The van der Waals surface area contributed by atoms with Gasteiger partial charge >= 0.3 is 5.97 Å². The summed E-state index contributed by atoms with van der Waals surface area (Å²) in [7, 11) is 0. The van der Waals surface area contributed by atoms with E-state index < -0.39 is 30.0 Å². The average molecular weight is 391 g/mol. The van der Waals surface area contributed by atoms with Crippen LogP contribution in [0.2, 0.25) is 0 Å². The fraction of sp³-hybridized carbons (Fsp3) is 0.571. The summed E-state index contributed by atoms with van der Waals surface area (Å²) in [5.41, 5.74) is -0.430. The van der Waals surface area contributed by atoms with Crippen molar-refractivity contribution in [2.24, 2.45) is 23.2 Å². The number of esters is 1. The number of halogens is 2. The maximum Gasteiger partial charge on any atom is 0.325 e. The SMILES string of the molecule is O=C(CNC(=O)C12CC3CC(CC(C3)C1)C2)OCC(=O)c1ccc(F)c(F)c1. The van der Waals surface area contributed by atoms with Crippen LogP contribution in [-0.2, 0) is 14.3 Å². The maximum absolute atomic E-state index is 13.2. The standard InChI is InChI=1S/C21H23F2NO4/c22-16-2-1-15(6-17(16)23)18(25)11-28-19(26)10-24-20(27)21-7-12-3-13(8-21)5-14(4-12)9-21/h1-2,6,12-14H,3-5,7-11H2,(H,24,27). The van der Waals surface area contributed by atoms with Gasteiger partial charge in [0.15, 0.2) is 24.0 Å². The van der Waals surface area contributed by atoms with Crippen molar-refractivity contribution >= 4 is 17.7 Å². The van der Waals surface area contributed by atoms with Gasteiger partial charge in [0, 0.05) is 11.0 Å². The second-order valence-corrected chi connectivity index (χ2v) is 8.59. The highest BCUT2D eigenvalue weighted by atomic mass is 19.2. The molecule has 4 saturated carbocycles. The zero-order valence-electron chi connectivity index (χ0n) is 15.5. The van der Waals surface area contributed by atoms with Crippen LogP contribution in [0.5, 0.6) is 0 Å². The summed E-state index contributed by atoms with van der Waals surface area (Å²) in [5.74, 6) is -1.78. The zero-order valence-corrected chi connectivity index (χ0v) is 15.5. The zero-order chi connectivity index (χ0) is 19.9. The van der Waals surface area contributed by atoms with E-state index >= 15 is 0 Å². The van der Waals surface area contributed by atoms with E-state index in [9.17, 15) is 23.2 Å². The number of benzene rings is 1. The molecule has 7 heteroatoms. The predicted octanol–water partition coefficient (Wildman–Crippen LogP) is 3.02. The molecular weight excluding hydrogens is 368 g/mol. The van der Waals surface area contributed by atoms with Gasteiger partial charge in [-0.2, -0.15) is 0 Å². The highest BCUT2D eigenvalue weighted by Gasteiger charge is 2.54. The van der Waals surface area contributed by atoms with Gasteiger partial charge in [-0.25, -0.2) is 8.78 Å². The Morgan fingerprint density at radius 2 is 1.61 bits per heavy atom. The molecule has 1 amide bonds. The first kappa shape index (κ1) is 19.0. The number of Topliss-reactive ketones (excluding diaryl/α,β-unsaturated/α-hetero) is 1. The summed E-state index contributed by atoms with van der Waals surface area (Å²) in [6.07, 6.45) is 6.36. The Morgan fingerprint density at radius 3 is 2.18 bits per heavy atom. The van der Waals surface area contributed by atoms with Crippen LogP contribution in [0.4, 0.5) is 8.78 Å². The van der Waals surface area contributed by atoms with Gasteiger partial charge in [0.2, 0.25) is 5.91 Å². The Morgan fingerprint density at radius 1 is 1.00 bits per heavy atom. The number of ketones is 1. The third-order valence-electron chi connectivity index (χ3n) is 6.52. The Kier molecular flexibility index (Phi) is 4.93. The van der Waals surface area contributed by atoms with Gasteiger partial charge in [0.25, 0.3) is 0 Å². The molecule has 0 radical (unpaired) electrons. The third kappa shape index (κ3) is 3.66. The molecule has 5 nitrogen and oxygen atoms in total. The van der Waals surface area contributed by atoms with Gasteiger partial charge in [0.1, 0.15) is 6.54 Å². The summed E-state index contributed by atoms with van der Waals surface area (Å²) >= 11 is 0. The van der Waals surface area contributed by atoms with E-state index in [4.69, 9.17) is 4.74 Å². The van der Waals surface area contributed by atoms with Crippen molar-refractivity contribution in [3.05, 3.63) is 35.4 Å². The van der Waals surface area contributed by atoms with Crippen LogP contribution >= 0.6 is 0 Å². The minimum absolute atomic E-state index is 0.0793. The van der Waals surface area contributed by atoms with E-state index in [0.29, 0.717) is 17.8 Å². The monoisotopic (exact) mass is 391 g/mol. The van der Waals surface area contributed by atoms with Crippen molar-refractivity contribution in [1.82, 2.24) is 5.32 Å². The number of carbonyl (C=O) groups is 3. The highest BCUT2D eigenvalue weighted by Crippen LogP contribution is 2.60. The second-order valence-electron chi connectivity index (χ2n) is 8.59. The lowest BCUT2D eigenvalue weighted by molar-refractivity contribution is -0.150. The molecule has 0 aromatic heterocycles. The Bertz CT molecular complexity index is 787. The van der Waals surface area contributed by atoms with Crippen molar-refractivity contribution < 1.29 is 27.9 Å². The molecule has 0 spiro atoms. The number of rotatable bonds is 6. The molecule has 5 rings (SSSR count). The Labute approximate surface area is 161 Å². The molecule has 0 unspecified atom stereocenters. The van der Waals surface area contributed by atoms with E-state index in [2.05, 4.69) is 5.32 Å².